The van der Waals surface area contributed by atoms with Crippen molar-refractivity contribution in [1.29, 1.82) is 0 Å². The Bertz CT molecular complexity index is 4260. The molecule has 0 amide bonds. The molecule has 0 unspecified atom stereocenters. The van der Waals surface area contributed by atoms with Crippen molar-refractivity contribution in [2.24, 2.45) is 0 Å². The summed E-state index contributed by atoms with van der Waals surface area (Å²) in [6.07, 6.45) is 0. The fraction of sp³-hybridized carbons (Fsp3) is 0. The van der Waals surface area contributed by atoms with Gasteiger partial charge in [-0.1, -0.05) is 170 Å². The Hall–Kier alpha value is -9.38. The van der Waals surface area contributed by atoms with Crippen LogP contribution >= 0.6 is 0 Å². The van der Waals surface area contributed by atoms with Crippen LogP contribution in [-0.2, 0) is 0 Å². The third kappa shape index (κ3) is 6.46. The van der Waals surface area contributed by atoms with Crippen molar-refractivity contribution in [3.8, 4) is 50.2 Å². The van der Waals surface area contributed by atoms with Crippen molar-refractivity contribution in [2.75, 3.05) is 4.90 Å². The van der Waals surface area contributed by atoms with E-state index in [4.69, 9.17) is 8.83 Å². The minimum atomic E-state index is 0.882. The van der Waals surface area contributed by atoms with Gasteiger partial charge in [0.25, 0.3) is 0 Å². The number of furan rings is 2. The first-order valence-electron chi connectivity index (χ1n) is 23.8. The number of benzene rings is 11. The zero-order valence-corrected chi connectivity index (χ0v) is 38.0. The predicted molar refractivity (Wildman–Crippen MR) is 292 cm³/mol. The molecule has 0 fully saturated rings. The monoisotopic (exact) mass is 894 g/mol. The Kier molecular flexibility index (Phi) is 9.17. The van der Waals surface area contributed by atoms with Gasteiger partial charge >= 0.3 is 0 Å². The molecule has 0 aliphatic carbocycles. The molecule has 0 saturated heterocycles. The van der Waals surface area contributed by atoms with E-state index in [0.717, 1.165) is 106 Å². The molecule has 11 aromatic carbocycles. The van der Waals surface area contributed by atoms with Gasteiger partial charge in [-0.2, -0.15) is 0 Å². The van der Waals surface area contributed by atoms with Gasteiger partial charge in [-0.15, -0.1) is 0 Å². The zero-order chi connectivity index (χ0) is 46.1. The van der Waals surface area contributed by atoms with E-state index in [-0.39, 0.29) is 0 Å². The van der Waals surface area contributed by atoms with Gasteiger partial charge < -0.3 is 18.3 Å². The quantitative estimate of drug-likeness (QED) is 0.152. The number of nitrogens with zero attached hydrogens (tertiary/aromatic N) is 2. The van der Waals surface area contributed by atoms with Gasteiger partial charge in [0, 0.05) is 60.6 Å². The maximum absolute atomic E-state index is 6.53. The molecule has 0 atom stereocenters. The number of hydrogen-bond acceptors (Lipinski definition) is 3. The van der Waals surface area contributed by atoms with Crippen LogP contribution in [0, 0.1) is 0 Å². The molecule has 14 aromatic rings. The average Bonchev–Trinajstić information content (AvgIpc) is 4.12. The molecule has 0 aliphatic heterocycles. The van der Waals surface area contributed by atoms with E-state index >= 15 is 0 Å². The van der Waals surface area contributed by atoms with Crippen molar-refractivity contribution in [2.45, 2.75) is 0 Å². The summed E-state index contributed by atoms with van der Waals surface area (Å²) in [7, 11) is 0. The lowest BCUT2D eigenvalue weighted by atomic mass is 9.98. The molecule has 70 heavy (non-hydrogen) atoms. The number of anilines is 3. The summed E-state index contributed by atoms with van der Waals surface area (Å²) in [5.41, 5.74) is 19.4. The Labute approximate surface area is 404 Å². The van der Waals surface area contributed by atoms with Gasteiger partial charge in [-0.25, -0.2) is 0 Å². The van der Waals surface area contributed by atoms with E-state index in [2.05, 4.69) is 246 Å². The summed E-state index contributed by atoms with van der Waals surface area (Å²) in [6, 6.07) is 91.1. The highest BCUT2D eigenvalue weighted by molar-refractivity contribution is 6.16. The van der Waals surface area contributed by atoms with Gasteiger partial charge in [0.15, 0.2) is 0 Å². The number of rotatable bonds is 8. The first-order chi connectivity index (χ1) is 34.7. The minimum Gasteiger partial charge on any atom is -0.456 e. The third-order valence-corrected chi connectivity index (χ3v) is 14.0. The summed E-state index contributed by atoms with van der Waals surface area (Å²) in [6.45, 7) is 0. The lowest BCUT2D eigenvalue weighted by Gasteiger charge is -2.26. The fourth-order valence-corrected chi connectivity index (χ4v) is 10.8. The normalized spacial score (nSPS) is 11.7. The molecule has 0 radical (unpaired) electrons. The summed E-state index contributed by atoms with van der Waals surface area (Å²) in [4.78, 5) is 2.35. The Morgan fingerprint density at radius 1 is 0.286 bits per heavy atom. The van der Waals surface area contributed by atoms with Gasteiger partial charge in [0.2, 0.25) is 0 Å². The molecule has 4 nitrogen and oxygen atoms in total. The largest absolute Gasteiger partial charge is 0.456 e. The van der Waals surface area contributed by atoms with Gasteiger partial charge in [0.05, 0.1) is 11.0 Å². The van der Waals surface area contributed by atoms with Crippen molar-refractivity contribution >= 4 is 82.7 Å². The molecule has 328 valence electrons. The van der Waals surface area contributed by atoms with Crippen LogP contribution in [0.15, 0.2) is 264 Å². The SMILES string of the molecule is c1ccc(-c2cccc3c2oc2ccc(-c4ccc(N(c5ccc(-c6cccc7oc8ccccc8c67)cc5)c5ccc(-c6cccc7c6c6ccccc6n7-c6ccccc6)cc5)cc4)cc23)cc1. The maximum atomic E-state index is 6.53. The smallest absolute Gasteiger partial charge is 0.143 e. The first-order valence-corrected chi connectivity index (χ1v) is 23.8. The lowest BCUT2D eigenvalue weighted by molar-refractivity contribution is 0.669. The second-order valence-electron chi connectivity index (χ2n) is 18.0. The van der Waals surface area contributed by atoms with Crippen LogP contribution in [-0.4, -0.2) is 4.57 Å². The summed E-state index contributed by atoms with van der Waals surface area (Å²) < 4.78 is 15.2. The molecule has 14 rings (SSSR count). The number of hydrogen-bond donors (Lipinski definition) is 0. The van der Waals surface area contributed by atoms with Gasteiger partial charge in [0.1, 0.15) is 22.3 Å². The van der Waals surface area contributed by atoms with Crippen LogP contribution in [0.3, 0.4) is 0 Å². The van der Waals surface area contributed by atoms with E-state index in [9.17, 15) is 0 Å². The van der Waals surface area contributed by atoms with Crippen molar-refractivity contribution in [1.82, 2.24) is 4.57 Å². The Balaban J connectivity index is 0.866. The number of fused-ring (bicyclic) bond motifs is 9. The van der Waals surface area contributed by atoms with Crippen LogP contribution in [0.5, 0.6) is 0 Å². The Morgan fingerprint density at radius 3 is 1.51 bits per heavy atom. The lowest BCUT2D eigenvalue weighted by Crippen LogP contribution is -2.09. The molecular formula is C66H42N2O2. The fourth-order valence-electron chi connectivity index (χ4n) is 10.8. The molecule has 4 heteroatoms. The zero-order valence-electron chi connectivity index (χ0n) is 38.0. The van der Waals surface area contributed by atoms with Crippen LogP contribution in [0.25, 0.3) is 116 Å². The van der Waals surface area contributed by atoms with Crippen molar-refractivity contribution in [3.63, 3.8) is 0 Å². The highest BCUT2D eigenvalue weighted by Gasteiger charge is 2.20. The van der Waals surface area contributed by atoms with Crippen molar-refractivity contribution in [3.05, 3.63) is 255 Å². The van der Waals surface area contributed by atoms with E-state index in [1.165, 1.54) is 27.4 Å². The second kappa shape index (κ2) is 16.2. The average molecular weight is 895 g/mol. The second-order valence-corrected chi connectivity index (χ2v) is 18.0. The van der Waals surface area contributed by atoms with E-state index < -0.39 is 0 Å². The van der Waals surface area contributed by atoms with Crippen LogP contribution < -0.4 is 4.90 Å². The van der Waals surface area contributed by atoms with E-state index in [1.54, 1.807) is 0 Å². The van der Waals surface area contributed by atoms with Gasteiger partial charge in [-0.3, -0.25) is 0 Å². The molecule has 0 saturated carbocycles. The summed E-state index contributed by atoms with van der Waals surface area (Å²) in [5, 5.41) is 6.96. The highest BCUT2D eigenvalue weighted by Crippen LogP contribution is 2.44. The van der Waals surface area contributed by atoms with Crippen LogP contribution in [0.2, 0.25) is 0 Å². The molecule has 0 spiro atoms. The van der Waals surface area contributed by atoms with E-state index in [1.807, 2.05) is 18.2 Å². The standard InChI is InChI=1S/C66H42N2O2/c1-3-14-44(15-4-1)54-22-11-23-55-58-42-47(34-41-62(58)70-66(54)55)43-28-35-49(36-29-43)67(51-39-32-46(33-40-51)53-21-13-27-63-65(53)57-19-8-10-26-61(57)69-63)50-37-30-45(31-38-50)52-20-12-25-60-64(52)56-18-7-9-24-59(56)68(60)48-16-5-2-6-17-48/h1-42H. The summed E-state index contributed by atoms with van der Waals surface area (Å²) in [5.74, 6) is 0. The van der Waals surface area contributed by atoms with Crippen LogP contribution in [0.4, 0.5) is 17.1 Å². The van der Waals surface area contributed by atoms with Crippen LogP contribution in [0.1, 0.15) is 0 Å². The third-order valence-electron chi connectivity index (χ3n) is 14.0. The minimum absolute atomic E-state index is 0.882. The maximum Gasteiger partial charge on any atom is 0.143 e. The molecule has 3 aromatic heterocycles. The molecule has 0 aliphatic rings. The van der Waals surface area contributed by atoms with Gasteiger partial charge in [-0.05, 0) is 124 Å². The first kappa shape index (κ1) is 39.8. The number of para-hydroxylation sites is 4. The molecule has 3 heterocycles. The summed E-state index contributed by atoms with van der Waals surface area (Å²) >= 11 is 0. The Morgan fingerprint density at radius 2 is 0.786 bits per heavy atom. The molecular weight excluding hydrogens is 853 g/mol. The molecule has 0 N–H and O–H groups in total. The number of aromatic nitrogens is 1. The van der Waals surface area contributed by atoms with Crippen molar-refractivity contribution < 1.29 is 8.83 Å². The van der Waals surface area contributed by atoms with E-state index in [0.29, 0.717) is 0 Å². The predicted octanol–water partition coefficient (Wildman–Crippen LogP) is 18.7. The topological polar surface area (TPSA) is 34.5 Å². The molecule has 0 bridgehead atoms. The highest BCUT2D eigenvalue weighted by atomic mass is 16.3.